The van der Waals surface area contributed by atoms with E-state index in [9.17, 15) is 9.18 Å². The molecule has 0 atom stereocenters. The molecule has 4 rings (SSSR count). The number of aryl methyl sites for hydroxylation is 1. The SMILES string of the molecule is CCn1nc(C(C)C)cc1C(=O)N1CCc2onc(-c3cccc(F)c3)c2C1. The molecule has 1 aliphatic rings. The summed E-state index contributed by atoms with van der Waals surface area (Å²) in [5, 5.41) is 8.69. The number of carbonyl (C=O) groups is 1. The third-order valence-corrected chi connectivity index (χ3v) is 5.12. The molecule has 0 saturated heterocycles. The number of carbonyl (C=O) groups excluding carboxylic acids is 1. The molecule has 0 saturated carbocycles. The molecule has 0 bridgehead atoms. The number of nitrogens with zero attached hydrogens (tertiary/aromatic N) is 4. The van der Waals surface area contributed by atoms with Gasteiger partial charge in [-0.05, 0) is 31.0 Å². The van der Waals surface area contributed by atoms with Gasteiger partial charge in [-0.2, -0.15) is 5.10 Å². The van der Waals surface area contributed by atoms with Gasteiger partial charge in [0.05, 0.1) is 12.2 Å². The van der Waals surface area contributed by atoms with Gasteiger partial charge in [0.2, 0.25) is 0 Å². The van der Waals surface area contributed by atoms with E-state index in [0.717, 1.165) is 17.0 Å². The van der Waals surface area contributed by atoms with Crippen molar-refractivity contribution in [1.29, 1.82) is 0 Å². The summed E-state index contributed by atoms with van der Waals surface area (Å²) in [5.41, 5.74) is 3.60. The predicted octanol–water partition coefficient (Wildman–Crippen LogP) is 4.02. The Bertz CT molecular complexity index is 1020. The first kappa shape index (κ1) is 18.4. The van der Waals surface area contributed by atoms with Gasteiger partial charge < -0.3 is 9.42 Å². The molecule has 0 aliphatic carbocycles. The number of rotatable bonds is 4. The van der Waals surface area contributed by atoms with Crippen molar-refractivity contribution in [3.8, 4) is 11.3 Å². The van der Waals surface area contributed by atoms with Crippen LogP contribution in [0.25, 0.3) is 11.3 Å². The van der Waals surface area contributed by atoms with Crippen molar-refractivity contribution in [1.82, 2.24) is 19.8 Å². The van der Waals surface area contributed by atoms with Crippen molar-refractivity contribution in [3.05, 3.63) is 58.9 Å². The number of hydrogen-bond acceptors (Lipinski definition) is 4. The van der Waals surface area contributed by atoms with Crippen LogP contribution in [0.5, 0.6) is 0 Å². The maximum absolute atomic E-state index is 13.6. The first-order valence-electron chi connectivity index (χ1n) is 9.58. The van der Waals surface area contributed by atoms with Crippen LogP contribution in [0.2, 0.25) is 0 Å². The number of aromatic nitrogens is 3. The average Bonchev–Trinajstić information content (AvgIpc) is 3.31. The lowest BCUT2D eigenvalue weighted by molar-refractivity contribution is 0.0716. The van der Waals surface area contributed by atoms with Crippen molar-refractivity contribution in [2.24, 2.45) is 0 Å². The normalized spacial score (nSPS) is 13.8. The molecular weight excluding hydrogens is 359 g/mol. The van der Waals surface area contributed by atoms with E-state index in [4.69, 9.17) is 4.52 Å². The second-order valence-electron chi connectivity index (χ2n) is 7.34. The van der Waals surface area contributed by atoms with Crippen molar-refractivity contribution < 1.29 is 13.7 Å². The predicted molar refractivity (Wildman–Crippen MR) is 102 cm³/mol. The van der Waals surface area contributed by atoms with Crippen LogP contribution in [-0.4, -0.2) is 32.3 Å². The molecule has 3 heterocycles. The first-order chi connectivity index (χ1) is 13.5. The molecule has 0 N–H and O–H groups in total. The fraction of sp³-hybridized carbons (Fsp3) is 0.381. The van der Waals surface area contributed by atoms with E-state index in [1.165, 1.54) is 12.1 Å². The Morgan fingerprint density at radius 1 is 1.32 bits per heavy atom. The zero-order chi connectivity index (χ0) is 19.8. The van der Waals surface area contributed by atoms with Crippen LogP contribution < -0.4 is 0 Å². The van der Waals surface area contributed by atoms with E-state index in [-0.39, 0.29) is 17.6 Å². The molecule has 1 aromatic carbocycles. The quantitative estimate of drug-likeness (QED) is 0.684. The number of amides is 1. The molecule has 0 spiro atoms. The van der Waals surface area contributed by atoms with E-state index in [1.54, 1.807) is 21.7 Å². The summed E-state index contributed by atoms with van der Waals surface area (Å²) >= 11 is 0. The fourth-order valence-corrected chi connectivity index (χ4v) is 3.54. The summed E-state index contributed by atoms with van der Waals surface area (Å²) in [6, 6.07) is 8.14. The molecule has 3 aromatic rings. The van der Waals surface area contributed by atoms with Crippen LogP contribution in [0.4, 0.5) is 4.39 Å². The van der Waals surface area contributed by atoms with E-state index < -0.39 is 0 Å². The lowest BCUT2D eigenvalue weighted by atomic mass is 10.0. The summed E-state index contributed by atoms with van der Waals surface area (Å²) in [6.07, 6.45) is 0.584. The Balaban J connectivity index is 1.64. The third-order valence-electron chi connectivity index (χ3n) is 5.12. The van der Waals surface area contributed by atoms with E-state index in [0.29, 0.717) is 43.0 Å². The number of halogens is 1. The molecule has 146 valence electrons. The Labute approximate surface area is 162 Å². The van der Waals surface area contributed by atoms with Gasteiger partial charge in [0, 0.05) is 30.6 Å². The van der Waals surface area contributed by atoms with E-state index >= 15 is 0 Å². The molecule has 1 aliphatic heterocycles. The molecule has 0 fully saturated rings. The minimum Gasteiger partial charge on any atom is -0.360 e. The molecule has 6 nitrogen and oxygen atoms in total. The van der Waals surface area contributed by atoms with Crippen molar-refractivity contribution in [2.45, 2.75) is 46.2 Å². The molecule has 0 unspecified atom stereocenters. The number of hydrogen-bond donors (Lipinski definition) is 0. The van der Waals surface area contributed by atoms with Crippen molar-refractivity contribution >= 4 is 5.91 Å². The monoisotopic (exact) mass is 382 g/mol. The Morgan fingerprint density at radius 3 is 2.86 bits per heavy atom. The van der Waals surface area contributed by atoms with Gasteiger partial charge in [0.1, 0.15) is 23.0 Å². The average molecular weight is 382 g/mol. The summed E-state index contributed by atoms with van der Waals surface area (Å²) in [7, 11) is 0. The summed E-state index contributed by atoms with van der Waals surface area (Å²) in [4.78, 5) is 15.0. The zero-order valence-corrected chi connectivity index (χ0v) is 16.3. The second kappa shape index (κ2) is 7.22. The van der Waals surface area contributed by atoms with Crippen LogP contribution in [0, 0.1) is 5.82 Å². The van der Waals surface area contributed by atoms with E-state index in [1.807, 2.05) is 13.0 Å². The Hall–Kier alpha value is -2.96. The van der Waals surface area contributed by atoms with Crippen LogP contribution >= 0.6 is 0 Å². The highest BCUT2D eigenvalue weighted by atomic mass is 19.1. The van der Waals surface area contributed by atoms with E-state index in [2.05, 4.69) is 24.1 Å². The minimum atomic E-state index is -0.328. The van der Waals surface area contributed by atoms with Gasteiger partial charge in [-0.25, -0.2) is 4.39 Å². The number of fused-ring (bicyclic) bond motifs is 1. The first-order valence-corrected chi connectivity index (χ1v) is 9.58. The zero-order valence-electron chi connectivity index (χ0n) is 16.3. The maximum atomic E-state index is 13.6. The molecule has 1 amide bonds. The van der Waals surface area contributed by atoms with Crippen LogP contribution in [0.1, 0.15) is 54.2 Å². The fourth-order valence-electron chi connectivity index (χ4n) is 3.54. The largest absolute Gasteiger partial charge is 0.360 e. The van der Waals surface area contributed by atoms with Gasteiger partial charge in [0.25, 0.3) is 5.91 Å². The van der Waals surface area contributed by atoms with Gasteiger partial charge in [0.15, 0.2) is 0 Å². The number of benzene rings is 1. The highest BCUT2D eigenvalue weighted by Crippen LogP contribution is 2.31. The highest BCUT2D eigenvalue weighted by molar-refractivity contribution is 5.93. The van der Waals surface area contributed by atoms with Gasteiger partial charge in [-0.3, -0.25) is 9.48 Å². The van der Waals surface area contributed by atoms with Gasteiger partial charge in [-0.15, -0.1) is 0 Å². The molecule has 28 heavy (non-hydrogen) atoms. The van der Waals surface area contributed by atoms with Crippen molar-refractivity contribution in [3.63, 3.8) is 0 Å². The molecular formula is C21H23FN4O2. The van der Waals surface area contributed by atoms with Crippen LogP contribution in [-0.2, 0) is 19.5 Å². The third kappa shape index (κ3) is 3.21. The van der Waals surface area contributed by atoms with Crippen LogP contribution in [0.15, 0.2) is 34.9 Å². The lowest BCUT2D eigenvalue weighted by Crippen LogP contribution is -2.36. The smallest absolute Gasteiger partial charge is 0.272 e. The van der Waals surface area contributed by atoms with Gasteiger partial charge >= 0.3 is 0 Å². The maximum Gasteiger partial charge on any atom is 0.272 e. The molecule has 7 heteroatoms. The second-order valence-corrected chi connectivity index (χ2v) is 7.34. The van der Waals surface area contributed by atoms with Crippen LogP contribution in [0.3, 0.4) is 0 Å². The molecule has 0 radical (unpaired) electrons. The Morgan fingerprint density at radius 2 is 2.14 bits per heavy atom. The van der Waals surface area contributed by atoms with Gasteiger partial charge in [-0.1, -0.05) is 31.1 Å². The van der Waals surface area contributed by atoms with Crippen molar-refractivity contribution in [2.75, 3.05) is 6.54 Å². The molecule has 2 aromatic heterocycles. The standard InChI is InChI=1S/C21H23FN4O2/c1-4-26-18(11-17(23-26)13(2)3)21(27)25-9-8-19-16(12-25)20(24-28-19)14-6-5-7-15(22)10-14/h5-7,10-11,13H,4,8-9,12H2,1-3H3. The minimum absolute atomic E-state index is 0.0571. The highest BCUT2D eigenvalue weighted by Gasteiger charge is 2.30. The summed E-state index contributed by atoms with van der Waals surface area (Å²) in [5.74, 6) is 0.629. The topological polar surface area (TPSA) is 64.2 Å². The lowest BCUT2D eigenvalue weighted by Gasteiger charge is -2.26. The summed E-state index contributed by atoms with van der Waals surface area (Å²) in [6.45, 7) is 7.67. The Kier molecular flexibility index (Phi) is 4.75. The summed E-state index contributed by atoms with van der Waals surface area (Å²) < 4.78 is 20.9.